The standard InChI is InChI=1S/C15H16FNO2/c1-10-3-5-12(8-13(10)16)17-9-11-4-6-14(18)15(7-11)19-2/h3-8,17-18H,9H2,1-2H3. The van der Waals surface area contributed by atoms with Crippen LogP contribution in [0.25, 0.3) is 0 Å². The first-order valence-corrected chi connectivity index (χ1v) is 5.96. The Morgan fingerprint density at radius 3 is 2.68 bits per heavy atom. The van der Waals surface area contributed by atoms with Gasteiger partial charge in [0.25, 0.3) is 0 Å². The summed E-state index contributed by atoms with van der Waals surface area (Å²) in [4.78, 5) is 0. The van der Waals surface area contributed by atoms with Crippen LogP contribution in [0.5, 0.6) is 11.5 Å². The van der Waals surface area contributed by atoms with Gasteiger partial charge in [-0.25, -0.2) is 4.39 Å². The minimum Gasteiger partial charge on any atom is -0.504 e. The summed E-state index contributed by atoms with van der Waals surface area (Å²) in [5.74, 6) is 0.301. The van der Waals surface area contributed by atoms with Gasteiger partial charge in [-0.15, -0.1) is 0 Å². The second-order valence-electron chi connectivity index (χ2n) is 4.32. The van der Waals surface area contributed by atoms with Crippen molar-refractivity contribution in [2.75, 3.05) is 12.4 Å². The van der Waals surface area contributed by atoms with Gasteiger partial charge >= 0.3 is 0 Å². The molecule has 0 aliphatic rings. The lowest BCUT2D eigenvalue weighted by molar-refractivity contribution is 0.373. The lowest BCUT2D eigenvalue weighted by Gasteiger charge is -2.09. The van der Waals surface area contributed by atoms with E-state index in [1.54, 1.807) is 31.2 Å². The molecule has 3 nitrogen and oxygen atoms in total. The maximum atomic E-state index is 13.4. The van der Waals surface area contributed by atoms with Gasteiger partial charge in [0, 0.05) is 12.2 Å². The summed E-state index contributed by atoms with van der Waals surface area (Å²) < 4.78 is 18.4. The average Bonchev–Trinajstić information content (AvgIpc) is 2.41. The Bertz CT molecular complexity index is 584. The maximum Gasteiger partial charge on any atom is 0.160 e. The van der Waals surface area contributed by atoms with Gasteiger partial charge in [-0.3, -0.25) is 0 Å². The summed E-state index contributed by atoms with van der Waals surface area (Å²) in [6, 6.07) is 10.1. The third-order valence-corrected chi connectivity index (χ3v) is 2.91. The highest BCUT2D eigenvalue weighted by molar-refractivity contribution is 5.47. The van der Waals surface area contributed by atoms with Crippen molar-refractivity contribution < 1.29 is 14.2 Å². The third-order valence-electron chi connectivity index (χ3n) is 2.91. The molecule has 0 aliphatic heterocycles. The van der Waals surface area contributed by atoms with Crippen molar-refractivity contribution in [1.29, 1.82) is 0 Å². The number of phenols is 1. The number of benzene rings is 2. The molecule has 4 heteroatoms. The summed E-state index contributed by atoms with van der Waals surface area (Å²) in [5, 5.41) is 12.6. The Labute approximate surface area is 111 Å². The van der Waals surface area contributed by atoms with E-state index in [4.69, 9.17) is 4.74 Å². The number of hydrogen-bond donors (Lipinski definition) is 2. The Kier molecular flexibility index (Phi) is 3.90. The number of halogens is 1. The number of phenolic OH excluding ortho intramolecular Hbond substituents is 1. The quantitative estimate of drug-likeness (QED) is 0.885. The van der Waals surface area contributed by atoms with E-state index in [1.165, 1.54) is 13.2 Å². The minimum atomic E-state index is -0.228. The molecule has 100 valence electrons. The second kappa shape index (κ2) is 5.61. The molecule has 0 atom stereocenters. The normalized spacial score (nSPS) is 10.3. The van der Waals surface area contributed by atoms with E-state index in [1.807, 2.05) is 6.07 Å². The van der Waals surface area contributed by atoms with E-state index < -0.39 is 0 Å². The van der Waals surface area contributed by atoms with Gasteiger partial charge in [0.05, 0.1) is 7.11 Å². The van der Waals surface area contributed by atoms with Gasteiger partial charge < -0.3 is 15.2 Å². The van der Waals surface area contributed by atoms with Crippen molar-refractivity contribution in [2.45, 2.75) is 13.5 Å². The van der Waals surface area contributed by atoms with Crippen molar-refractivity contribution in [3.8, 4) is 11.5 Å². The highest BCUT2D eigenvalue weighted by Crippen LogP contribution is 2.26. The first-order chi connectivity index (χ1) is 9.10. The SMILES string of the molecule is COc1cc(CNc2ccc(C)c(F)c2)ccc1O. The van der Waals surface area contributed by atoms with E-state index in [9.17, 15) is 9.50 Å². The Morgan fingerprint density at radius 1 is 1.21 bits per heavy atom. The molecular weight excluding hydrogens is 245 g/mol. The summed E-state index contributed by atoms with van der Waals surface area (Å²) in [5.41, 5.74) is 2.28. The number of anilines is 1. The second-order valence-corrected chi connectivity index (χ2v) is 4.32. The van der Waals surface area contributed by atoms with Crippen LogP contribution in [0.1, 0.15) is 11.1 Å². The Hall–Kier alpha value is -2.23. The molecule has 2 aromatic carbocycles. The number of aromatic hydroxyl groups is 1. The van der Waals surface area contributed by atoms with E-state index in [0.29, 0.717) is 17.9 Å². The summed E-state index contributed by atoms with van der Waals surface area (Å²) in [7, 11) is 1.50. The van der Waals surface area contributed by atoms with E-state index >= 15 is 0 Å². The molecule has 0 aromatic heterocycles. The van der Waals surface area contributed by atoms with Crippen molar-refractivity contribution >= 4 is 5.69 Å². The lowest BCUT2D eigenvalue weighted by atomic mass is 10.2. The van der Waals surface area contributed by atoms with E-state index in [-0.39, 0.29) is 11.6 Å². The molecule has 2 rings (SSSR count). The lowest BCUT2D eigenvalue weighted by Crippen LogP contribution is -2.00. The fourth-order valence-electron chi connectivity index (χ4n) is 1.74. The van der Waals surface area contributed by atoms with Crippen LogP contribution in [-0.2, 0) is 6.54 Å². The first kappa shape index (κ1) is 13.2. The first-order valence-electron chi connectivity index (χ1n) is 5.96. The molecule has 2 N–H and O–H groups in total. The van der Waals surface area contributed by atoms with Crippen LogP contribution in [0.3, 0.4) is 0 Å². The molecule has 19 heavy (non-hydrogen) atoms. The number of ether oxygens (including phenoxy) is 1. The van der Waals surface area contributed by atoms with Crippen molar-refractivity contribution in [3.05, 3.63) is 53.3 Å². The molecule has 0 spiro atoms. The Balaban J connectivity index is 2.07. The Morgan fingerprint density at radius 2 is 2.00 bits per heavy atom. The summed E-state index contributed by atoms with van der Waals surface area (Å²) in [6.07, 6.45) is 0. The summed E-state index contributed by atoms with van der Waals surface area (Å²) >= 11 is 0. The van der Waals surface area contributed by atoms with Gasteiger partial charge in [0.2, 0.25) is 0 Å². The molecule has 0 heterocycles. The number of methoxy groups -OCH3 is 1. The van der Waals surface area contributed by atoms with Gasteiger partial charge in [-0.1, -0.05) is 12.1 Å². The zero-order valence-corrected chi connectivity index (χ0v) is 10.9. The topological polar surface area (TPSA) is 41.5 Å². The molecule has 0 fully saturated rings. The summed E-state index contributed by atoms with van der Waals surface area (Å²) in [6.45, 7) is 2.25. The molecule has 2 aromatic rings. The smallest absolute Gasteiger partial charge is 0.160 e. The molecule has 0 saturated heterocycles. The average molecular weight is 261 g/mol. The van der Waals surface area contributed by atoms with Crippen LogP contribution in [0.2, 0.25) is 0 Å². The highest BCUT2D eigenvalue weighted by Gasteiger charge is 2.03. The van der Waals surface area contributed by atoms with Crippen LogP contribution < -0.4 is 10.1 Å². The van der Waals surface area contributed by atoms with Crippen LogP contribution in [0.4, 0.5) is 10.1 Å². The largest absolute Gasteiger partial charge is 0.504 e. The fourth-order valence-corrected chi connectivity index (χ4v) is 1.74. The zero-order valence-electron chi connectivity index (χ0n) is 10.9. The van der Waals surface area contributed by atoms with Gasteiger partial charge in [0.15, 0.2) is 11.5 Å². The predicted molar refractivity (Wildman–Crippen MR) is 73.1 cm³/mol. The monoisotopic (exact) mass is 261 g/mol. The van der Waals surface area contributed by atoms with Gasteiger partial charge in [-0.05, 0) is 42.3 Å². The molecule has 0 bridgehead atoms. The molecule has 0 radical (unpaired) electrons. The number of hydrogen-bond acceptors (Lipinski definition) is 3. The minimum absolute atomic E-state index is 0.104. The number of nitrogens with one attached hydrogen (secondary N) is 1. The molecule has 0 aliphatic carbocycles. The maximum absolute atomic E-state index is 13.4. The number of rotatable bonds is 4. The van der Waals surface area contributed by atoms with Crippen LogP contribution in [0.15, 0.2) is 36.4 Å². The van der Waals surface area contributed by atoms with Gasteiger partial charge in [-0.2, -0.15) is 0 Å². The highest BCUT2D eigenvalue weighted by atomic mass is 19.1. The van der Waals surface area contributed by atoms with Crippen molar-refractivity contribution in [2.24, 2.45) is 0 Å². The van der Waals surface area contributed by atoms with Crippen LogP contribution in [-0.4, -0.2) is 12.2 Å². The molecular formula is C15H16FNO2. The van der Waals surface area contributed by atoms with Crippen molar-refractivity contribution in [1.82, 2.24) is 0 Å². The van der Waals surface area contributed by atoms with E-state index in [0.717, 1.165) is 11.3 Å². The molecule has 0 saturated carbocycles. The number of aryl methyl sites for hydroxylation is 1. The third kappa shape index (κ3) is 3.16. The van der Waals surface area contributed by atoms with Gasteiger partial charge in [0.1, 0.15) is 5.82 Å². The van der Waals surface area contributed by atoms with Crippen molar-refractivity contribution in [3.63, 3.8) is 0 Å². The molecule has 0 unspecified atom stereocenters. The molecule has 0 amide bonds. The zero-order chi connectivity index (χ0) is 13.8. The fraction of sp³-hybridized carbons (Fsp3) is 0.200. The predicted octanol–water partition coefficient (Wildman–Crippen LogP) is 3.46. The van der Waals surface area contributed by atoms with E-state index in [2.05, 4.69) is 5.32 Å². The van der Waals surface area contributed by atoms with Crippen LogP contribution >= 0.6 is 0 Å². The van der Waals surface area contributed by atoms with Crippen LogP contribution in [0, 0.1) is 12.7 Å².